The SMILES string of the molecule is CN(C)c1nc(N[C@H]2CC[C@@H](NC(=O)Nc3ccc(Cl)cc3C(F)(F)F)CC2)nc2ccccc12. The van der Waals surface area contributed by atoms with Crippen LogP contribution in [0.2, 0.25) is 5.02 Å². The lowest BCUT2D eigenvalue weighted by Gasteiger charge is -2.30. The molecule has 3 aromatic rings. The van der Waals surface area contributed by atoms with E-state index in [1.54, 1.807) is 0 Å². The fourth-order valence-corrected chi connectivity index (χ4v) is 4.41. The van der Waals surface area contributed by atoms with E-state index in [2.05, 4.69) is 25.9 Å². The molecule has 0 atom stereocenters. The normalized spacial score (nSPS) is 18.2. The zero-order valence-electron chi connectivity index (χ0n) is 19.3. The van der Waals surface area contributed by atoms with Crippen molar-refractivity contribution < 1.29 is 18.0 Å². The van der Waals surface area contributed by atoms with Crippen molar-refractivity contribution in [2.75, 3.05) is 29.6 Å². The highest BCUT2D eigenvalue weighted by atomic mass is 35.5. The number of para-hydroxylation sites is 1. The molecular formula is C24H26ClF3N6O. The average molecular weight is 507 g/mol. The van der Waals surface area contributed by atoms with Gasteiger partial charge in [0.05, 0.1) is 16.8 Å². The third-order valence-corrected chi connectivity index (χ3v) is 6.17. The summed E-state index contributed by atoms with van der Waals surface area (Å²) in [5, 5.41) is 9.40. The maximum atomic E-state index is 13.3. The van der Waals surface area contributed by atoms with E-state index in [0.29, 0.717) is 18.8 Å². The van der Waals surface area contributed by atoms with Gasteiger partial charge in [0.1, 0.15) is 5.82 Å². The van der Waals surface area contributed by atoms with Crippen molar-refractivity contribution in [2.24, 2.45) is 0 Å². The topological polar surface area (TPSA) is 82.2 Å². The van der Waals surface area contributed by atoms with Crippen molar-refractivity contribution in [3.05, 3.63) is 53.1 Å². The van der Waals surface area contributed by atoms with E-state index < -0.39 is 17.8 Å². The summed E-state index contributed by atoms with van der Waals surface area (Å²) in [6, 6.07) is 10.4. The molecule has 11 heteroatoms. The fraction of sp³-hybridized carbons (Fsp3) is 0.375. The summed E-state index contributed by atoms with van der Waals surface area (Å²) in [5.74, 6) is 1.37. The van der Waals surface area contributed by atoms with Crippen LogP contribution in [0.5, 0.6) is 0 Å². The number of alkyl halides is 3. The molecule has 2 aromatic carbocycles. The van der Waals surface area contributed by atoms with Crippen LogP contribution in [0, 0.1) is 0 Å². The van der Waals surface area contributed by atoms with Crippen molar-refractivity contribution in [1.82, 2.24) is 15.3 Å². The maximum Gasteiger partial charge on any atom is 0.418 e. The quantitative estimate of drug-likeness (QED) is 0.400. The number of halogens is 4. The Hall–Kier alpha value is -3.27. The van der Waals surface area contributed by atoms with Gasteiger partial charge in [0.25, 0.3) is 0 Å². The second-order valence-electron chi connectivity index (χ2n) is 8.76. The molecule has 0 radical (unpaired) electrons. The molecule has 0 saturated heterocycles. The molecule has 0 bridgehead atoms. The first-order valence-corrected chi connectivity index (χ1v) is 11.6. The Labute approximate surface area is 206 Å². The number of nitrogens with zero attached hydrogens (tertiary/aromatic N) is 3. The van der Waals surface area contributed by atoms with Crippen molar-refractivity contribution in [2.45, 2.75) is 43.9 Å². The van der Waals surface area contributed by atoms with Crippen LogP contribution in [0.4, 0.5) is 35.4 Å². The Balaban J connectivity index is 1.34. The third kappa shape index (κ3) is 6.05. The van der Waals surface area contributed by atoms with Gasteiger partial charge in [-0.25, -0.2) is 9.78 Å². The van der Waals surface area contributed by atoms with E-state index in [1.165, 1.54) is 6.07 Å². The van der Waals surface area contributed by atoms with E-state index in [1.807, 2.05) is 43.3 Å². The molecule has 35 heavy (non-hydrogen) atoms. The Bertz CT molecular complexity index is 1210. The van der Waals surface area contributed by atoms with Gasteiger partial charge in [-0.1, -0.05) is 23.7 Å². The number of carbonyl (C=O) groups excluding carboxylic acids is 1. The summed E-state index contributed by atoms with van der Waals surface area (Å²) in [7, 11) is 3.87. The van der Waals surface area contributed by atoms with Crippen molar-refractivity contribution >= 4 is 46.0 Å². The number of hydrogen-bond acceptors (Lipinski definition) is 5. The smallest absolute Gasteiger partial charge is 0.362 e. The second kappa shape index (κ2) is 10.2. The van der Waals surface area contributed by atoms with Gasteiger partial charge >= 0.3 is 12.2 Å². The van der Waals surface area contributed by atoms with E-state index >= 15 is 0 Å². The van der Waals surface area contributed by atoms with Crippen LogP contribution in [0.15, 0.2) is 42.5 Å². The van der Waals surface area contributed by atoms with Crippen molar-refractivity contribution in [3.8, 4) is 0 Å². The Morgan fingerprint density at radius 2 is 1.71 bits per heavy atom. The van der Waals surface area contributed by atoms with Crippen LogP contribution in [-0.4, -0.2) is 42.2 Å². The van der Waals surface area contributed by atoms with Crippen molar-refractivity contribution in [1.29, 1.82) is 0 Å². The molecule has 1 aliphatic carbocycles. The predicted molar refractivity (Wildman–Crippen MR) is 132 cm³/mol. The molecule has 186 valence electrons. The molecule has 0 spiro atoms. The summed E-state index contributed by atoms with van der Waals surface area (Å²) in [6.07, 6.45) is -1.77. The molecule has 1 aliphatic rings. The molecule has 0 aliphatic heterocycles. The minimum Gasteiger partial charge on any atom is -0.362 e. The zero-order chi connectivity index (χ0) is 25.2. The molecule has 1 saturated carbocycles. The van der Waals surface area contributed by atoms with Gasteiger partial charge in [0.2, 0.25) is 5.95 Å². The summed E-state index contributed by atoms with van der Waals surface area (Å²) in [5.41, 5.74) is -0.471. The Kier molecular flexibility index (Phi) is 7.20. The van der Waals surface area contributed by atoms with Crippen LogP contribution in [-0.2, 0) is 6.18 Å². The molecule has 7 nitrogen and oxygen atoms in total. The van der Waals surface area contributed by atoms with Crippen LogP contribution in [0.25, 0.3) is 10.9 Å². The van der Waals surface area contributed by atoms with E-state index in [9.17, 15) is 18.0 Å². The molecule has 1 heterocycles. The van der Waals surface area contributed by atoms with Gasteiger partial charge in [-0.15, -0.1) is 0 Å². The van der Waals surface area contributed by atoms with Gasteiger partial charge in [0.15, 0.2) is 0 Å². The lowest BCUT2D eigenvalue weighted by Crippen LogP contribution is -2.42. The molecule has 1 fully saturated rings. The number of rotatable bonds is 5. The number of carbonyl (C=O) groups is 1. The van der Waals surface area contributed by atoms with E-state index in [4.69, 9.17) is 11.6 Å². The van der Waals surface area contributed by atoms with Gasteiger partial charge < -0.3 is 20.9 Å². The van der Waals surface area contributed by atoms with E-state index in [-0.39, 0.29) is 22.8 Å². The molecule has 1 aromatic heterocycles. The standard InChI is InChI=1S/C24H26ClF3N6O/c1-34(2)21-17-5-3-4-6-19(17)31-22(33-21)29-15-8-10-16(11-9-15)30-23(35)32-20-12-7-14(25)13-18(20)24(26,27)28/h3-7,12-13,15-16H,8-11H2,1-2H3,(H,29,31,33)(H2,30,32,35)/t15-,16+. The summed E-state index contributed by atoms with van der Waals surface area (Å²) >= 11 is 5.69. The number of urea groups is 1. The average Bonchev–Trinajstić information content (AvgIpc) is 2.80. The highest BCUT2D eigenvalue weighted by molar-refractivity contribution is 6.30. The zero-order valence-corrected chi connectivity index (χ0v) is 20.0. The molecule has 2 amide bonds. The lowest BCUT2D eigenvalue weighted by atomic mass is 9.91. The van der Waals surface area contributed by atoms with E-state index in [0.717, 1.165) is 41.7 Å². The Morgan fingerprint density at radius 3 is 2.40 bits per heavy atom. The number of nitrogens with one attached hydrogen (secondary N) is 3. The first-order valence-electron chi connectivity index (χ1n) is 11.2. The second-order valence-corrected chi connectivity index (χ2v) is 9.20. The summed E-state index contributed by atoms with van der Waals surface area (Å²) in [4.78, 5) is 23.6. The molecule has 3 N–H and O–H groups in total. The van der Waals surface area contributed by atoms with Crippen LogP contribution in [0.1, 0.15) is 31.2 Å². The van der Waals surface area contributed by atoms with Crippen LogP contribution < -0.4 is 20.9 Å². The number of hydrogen-bond donors (Lipinski definition) is 3. The summed E-state index contributed by atoms with van der Waals surface area (Å²) in [6.45, 7) is 0. The number of benzene rings is 2. The highest BCUT2D eigenvalue weighted by Crippen LogP contribution is 2.36. The van der Waals surface area contributed by atoms with Crippen LogP contribution in [0.3, 0.4) is 0 Å². The number of aromatic nitrogens is 2. The third-order valence-electron chi connectivity index (χ3n) is 5.94. The number of fused-ring (bicyclic) bond motifs is 1. The van der Waals surface area contributed by atoms with Crippen molar-refractivity contribution in [3.63, 3.8) is 0 Å². The minimum absolute atomic E-state index is 0.0535. The fourth-order valence-electron chi connectivity index (χ4n) is 4.23. The Morgan fingerprint density at radius 1 is 1.03 bits per heavy atom. The van der Waals surface area contributed by atoms with Gasteiger partial charge in [-0.05, 0) is 56.0 Å². The number of anilines is 3. The van der Waals surface area contributed by atoms with Crippen LogP contribution >= 0.6 is 11.6 Å². The first-order chi connectivity index (χ1) is 16.6. The molecule has 0 unspecified atom stereocenters. The largest absolute Gasteiger partial charge is 0.418 e. The molecular weight excluding hydrogens is 481 g/mol. The molecule has 4 rings (SSSR count). The predicted octanol–water partition coefficient (Wildman–Crippen LogP) is 5.91. The maximum absolute atomic E-state index is 13.3. The number of amides is 2. The first kappa shape index (κ1) is 24.8. The summed E-state index contributed by atoms with van der Waals surface area (Å²) < 4.78 is 39.8. The lowest BCUT2D eigenvalue weighted by molar-refractivity contribution is -0.136. The van der Waals surface area contributed by atoms with Gasteiger partial charge in [-0.3, -0.25) is 0 Å². The van der Waals surface area contributed by atoms with Gasteiger partial charge in [-0.2, -0.15) is 18.2 Å². The minimum atomic E-state index is -4.63. The van der Waals surface area contributed by atoms with Gasteiger partial charge in [0, 0.05) is 36.6 Å². The highest BCUT2D eigenvalue weighted by Gasteiger charge is 2.34. The monoisotopic (exact) mass is 506 g/mol.